The minimum atomic E-state index is -4.52. The Morgan fingerprint density at radius 3 is 1.40 bits per heavy atom. The predicted octanol–water partition coefficient (Wildman–Crippen LogP) is 17.7. The molecule has 324 valence electrons. The number of rotatable bonds is 6. The number of alkyl halides is 3. The lowest BCUT2D eigenvalue weighted by Crippen LogP contribution is -2.05. The number of aromatic nitrogens is 2. The molecule has 2 aromatic heterocycles. The largest absolute Gasteiger partial charge is 0.416 e. The Bertz CT molecular complexity index is 3830. The molecule has 0 spiro atoms. The van der Waals surface area contributed by atoms with E-state index < -0.39 is 11.7 Å². The molecule has 0 saturated heterocycles. The van der Waals surface area contributed by atoms with E-state index in [4.69, 9.17) is 6.57 Å². The fourth-order valence-corrected chi connectivity index (χ4v) is 10.3. The summed E-state index contributed by atoms with van der Waals surface area (Å²) in [5, 5.41) is 4.35. The monoisotopic (exact) mass is 875 g/mol. The fraction of sp³-hybridized carbons (Fsp3) is 0.0984. The molecule has 3 nitrogen and oxygen atoms in total. The summed E-state index contributed by atoms with van der Waals surface area (Å²) >= 11 is 0. The lowest BCUT2D eigenvalue weighted by molar-refractivity contribution is -0.137. The van der Waals surface area contributed by atoms with Crippen molar-refractivity contribution >= 4 is 49.3 Å². The third-order valence-electron chi connectivity index (χ3n) is 13.1. The van der Waals surface area contributed by atoms with Crippen molar-refractivity contribution in [2.45, 2.75) is 40.8 Å². The number of benzene rings is 9. The highest BCUT2D eigenvalue weighted by Crippen LogP contribution is 2.45. The van der Waals surface area contributed by atoms with Crippen molar-refractivity contribution < 1.29 is 13.2 Å². The molecule has 11 aromatic rings. The van der Waals surface area contributed by atoms with Crippen LogP contribution < -0.4 is 0 Å². The number of hydrogen-bond donors (Lipinski definition) is 0. The molecule has 0 radical (unpaired) electrons. The van der Waals surface area contributed by atoms with Gasteiger partial charge >= 0.3 is 6.18 Å². The van der Waals surface area contributed by atoms with Crippen LogP contribution in [-0.2, 0) is 6.18 Å². The molecule has 0 aliphatic rings. The van der Waals surface area contributed by atoms with Gasteiger partial charge in [0.2, 0.25) is 0 Å². The third-order valence-corrected chi connectivity index (χ3v) is 13.1. The number of halogens is 3. The van der Waals surface area contributed by atoms with E-state index >= 15 is 0 Å². The zero-order valence-electron chi connectivity index (χ0n) is 37.7. The van der Waals surface area contributed by atoms with Gasteiger partial charge in [0.1, 0.15) is 0 Å². The summed E-state index contributed by atoms with van der Waals surface area (Å²) in [6, 6.07) is 59.1. The van der Waals surface area contributed by atoms with Crippen LogP contribution in [0.15, 0.2) is 176 Å². The van der Waals surface area contributed by atoms with Crippen LogP contribution in [0, 0.1) is 41.2 Å². The number of hydrogen-bond acceptors (Lipinski definition) is 0. The molecule has 9 aromatic carbocycles. The highest BCUT2D eigenvalue weighted by Gasteiger charge is 2.31. The van der Waals surface area contributed by atoms with Crippen molar-refractivity contribution in [3.05, 3.63) is 221 Å². The van der Waals surface area contributed by atoms with Crippen LogP contribution in [0.1, 0.15) is 33.4 Å². The number of aryl methyl sites for hydroxylation is 5. The van der Waals surface area contributed by atoms with Crippen molar-refractivity contribution in [2.24, 2.45) is 0 Å². The van der Waals surface area contributed by atoms with Gasteiger partial charge in [0.25, 0.3) is 0 Å². The second-order valence-electron chi connectivity index (χ2n) is 18.1. The van der Waals surface area contributed by atoms with Gasteiger partial charge in [0.15, 0.2) is 5.69 Å². The van der Waals surface area contributed by atoms with Crippen LogP contribution in [-0.4, -0.2) is 9.13 Å². The molecule has 0 N–H and O–H groups in total. The summed E-state index contributed by atoms with van der Waals surface area (Å²) in [7, 11) is 0. The van der Waals surface area contributed by atoms with Crippen molar-refractivity contribution in [1.29, 1.82) is 0 Å². The SMILES string of the molecule is [C-]#[N+]c1ccc(-n2c3ccccc3c3cc(-c4cc(C)cc(C)c4)ccc32)cc1-c1cc(-c2cc(C)cc(C(F)(F)F)c2)ccc1-n1c2ccccc2c2cc(-c3cc(C)cc(C)c3)ccc21. The summed E-state index contributed by atoms with van der Waals surface area (Å²) in [5.41, 5.74) is 17.7. The molecule has 67 heavy (non-hydrogen) atoms. The topological polar surface area (TPSA) is 14.2 Å². The Kier molecular flexibility index (Phi) is 9.79. The fourth-order valence-electron chi connectivity index (χ4n) is 10.3. The van der Waals surface area contributed by atoms with Crippen LogP contribution in [0.2, 0.25) is 0 Å². The van der Waals surface area contributed by atoms with Gasteiger partial charge in [-0.1, -0.05) is 125 Å². The van der Waals surface area contributed by atoms with E-state index in [0.717, 1.165) is 82.8 Å². The first-order valence-corrected chi connectivity index (χ1v) is 22.4. The van der Waals surface area contributed by atoms with E-state index in [1.807, 2.05) is 48.5 Å². The number of para-hydroxylation sites is 2. The van der Waals surface area contributed by atoms with E-state index in [9.17, 15) is 13.2 Å². The van der Waals surface area contributed by atoms with Gasteiger partial charge in [-0.3, -0.25) is 0 Å². The van der Waals surface area contributed by atoms with Crippen LogP contribution in [0.3, 0.4) is 0 Å². The van der Waals surface area contributed by atoms with E-state index in [-0.39, 0.29) is 0 Å². The average Bonchev–Trinajstić information content (AvgIpc) is 3.82. The summed E-state index contributed by atoms with van der Waals surface area (Å²) < 4.78 is 47.5. The Hall–Kier alpha value is -8.14. The van der Waals surface area contributed by atoms with Crippen molar-refractivity contribution in [3.8, 4) is 55.9 Å². The quantitative estimate of drug-likeness (QED) is 0.148. The normalized spacial score (nSPS) is 11.9. The maximum Gasteiger partial charge on any atom is 0.416 e. The molecular formula is C61H44F3N3. The molecule has 0 amide bonds. The standard InChI is InChI=1S/C61H44F3N3/c1-36-23-37(2)26-44(25-36)41-15-20-58-52(32-41)49-11-7-9-13-56(49)66(58)48-18-19-55(65-6)51(35-48)54-34-43(46-29-40(5)30-47(31-46)61(62,63)64)17-22-60(54)67-57-14-10-8-12-50(57)53-33-42(16-21-59(53)67)45-27-38(3)24-39(4)28-45/h7-35H,1-5H3. The Morgan fingerprint density at radius 2 is 0.851 bits per heavy atom. The Morgan fingerprint density at radius 1 is 0.388 bits per heavy atom. The maximum atomic E-state index is 14.3. The minimum absolute atomic E-state index is 0.429. The molecule has 2 heterocycles. The van der Waals surface area contributed by atoms with Crippen molar-refractivity contribution in [3.63, 3.8) is 0 Å². The van der Waals surface area contributed by atoms with Gasteiger partial charge in [-0.15, -0.1) is 0 Å². The number of fused-ring (bicyclic) bond motifs is 6. The summed E-state index contributed by atoms with van der Waals surface area (Å²) in [5.74, 6) is 0. The highest BCUT2D eigenvalue weighted by atomic mass is 19.4. The first-order chi connectivity index (χ1) is 32.3. The van der Waals surface area contributed by atoms with Crippen molar-refractivity contribution in [1.82, 2.24) is 9.13 Å². The summed E-state index contributed by atoms with van der Waals surface area (Å²) in [4.78, 5) is 4.11. The van der Waals surface area contributed by atoms with Gasteiger partial charge in [-0.05, 0) is 157 Å². The van der Waals surface area contributed by atoms with E-state index in [0.29, 0.717) is 27.9 Å². The lowest BCUT2D eigenvalue weighted by Gasteiger charge is -2.19. The molecule has 6 heteroatoms. The van der Waals surface area contributed by atoms with Crippen LogP contribution in [0.4, 0.5) is 18.9 Å². The van der Waals surface area contributed by atoms with Crippen molar-refractivity contribution in [2.75, 3.05) is 0 Å². The number of nitrogens with zero attached hydrogens (tertiary/aromatic N) is 3. The van der Waals surface area contributed by atoms with Gasteiger partial charge < -0.3 is 9.13 Å². The zero-order valence-corrected chi connectivity index (χ0v) is 37.7. The van der Waals surface area contributed by atoms with E-state index in [1.165, 1.54) is 34.4 Å². The van der Waals surface area contributed by atoms with Gasteiger partial charge in [-0.25, -0.2) is 4.85 Å². The van der Waals surface area contributed by atoms with Gasteiger partial charge in [0.05, 0.1) is 39.9 Å². The molecular weight excluding hydrogens is 832 g/mol. The summed E-state index contributed by atoms with van der Waals surface area (Å²) in [6.07, 6.45) is -4.52. The van der Waals surface area contributed by atoms with Crippen LogP contribution >= 0.6 is 0 Å². The van der Waals surface area contributed by atoms with E-state index in [2.05, 4.69) is 151 Å². The zero-order chi connectivity index (χ0) is 46.3. The van der Waals surface area contributed by atoms with E-state index in [1.54, 1.807) is 13.0 Å². The average molecular weight is 876 g/mol. The lowest BCUT2D eigenvalue weighted by atomic mass is 9.94. The maximum absolute atomic E-state index is 14.3. The Labute approximate surface area is 387 Å². The van der Waals surface area contributed by atoms with Crippen LogP contribution in [0.25, 0.3) is 104 Å². The molecule has 0 aliphatic heterocycles. The molecule has 0 unspecified atom stereocenters. The first-order valence-electron chi connectivity index (χ1n) is 22.4. The predicted molar refractivity (Wildman–Crippen MR) is 272 cm³/mol. The Balaban J connectivity index is 1.17. The molecule has 0 bridgehead atoms. The minimum Gasteiger partial charge on any atom is -0.309 e. The second-order valence-corrected chi connectivity index (χ2v) is 18.1. The molecule has 0 atom stereocenters. The van der Waals surface area contributed by atoms with Gasteiger partial charge in [0, 0.05) is 27.2 Å². The molecule has 0 fully saturated rings. The molecule has 0 saturated carbocycles. The third kappa shape index (κ3) is 7.24. The second kappa shape index (κ2) is 15.8. The highest BCUT2D eigenvalue weighted by molar-refractivity contribution is 6.12. The summed E-state index contributed by atoms with van der Waals surface area (Å²) in [6.45, 7) is 18.7. The first kappa shape index (κ1) is 41.6. The molecule has 11 rings (SSSR count). The van der Waals surface area contributed by atoms with Gasteiger partial charge in [-0.2, -0.15) is 13.2 Å². The smallest absolute Gasteiger partial charge is 0.309 e. The van der Waals surface area contributed by atoms with Crippen LogP contribution in [0.5, 0.6) is 0 Å². The molecule has 0 aliphatic carbocycles.